The number of halogens is 1. The first kappa shape index (κ1) is 11.8. The Balaban J connectivity index is 2.16. The normalized spacial score (nSPS) is 17.3. The van der Waals surface area contributed by atoms with E-state index in [2.05, 4.69) is 5.32 Å². The standard InChI is InChI=1S/C11H13FN2O3/c1-11(6-17-7-11)5-13-10-8(12)3-2-4-9(10)14(15)16/h2-4,13H,5-7H2,1H3. The maximum atomic E-state index is 13.5. The van der Waals surface area contributed by atoms with Gasteiger partial charge in [0.15, 0.2) is 5.82 Å². The quantitative estimate of drug-likeness (QED) is 0.647. The molecule has 0 bridgehead atoms. The number of hydrogen-bond donors (Lipinski definition) is 1. The first-order chi connectivity index (χ1) is 8.02. The molecule has 1 saturated heterocycles. The van der Waals surface area contributed by atoms with Gasteiger partial charge in [0.2, 0.25) is 0 Å². The van der Waals surface area contributed by atoms with Crippen LogP contribution in [-0.2, 0) is 4.74 Å². The van der Waals surface area contributed by atoms with Crippen molar-refractivity contribution >= 4 is 11.4 Å². The number of anilines is 1. The van der Waals surface area contributed by atoms with Crippen LogP contribution in [0.25, 0.3) is 0 Å². The lowest BCUT2D eigenvalue weighted by atomic mass is 9.88. The SMILES string of the molecule is CC1(CNc2c(F)cccc2[N+](=O)[O-])COC1. The molecule has 0 atom stereocenters. The fourth-order valence-electron chi connectivity index (χ4n) is 1.69. The highest BCUT2D eigenvalue weighted by atomic mass is 19.1. The van der Waals surface area contributed by atoms with Gasteiger partial charge in [0.05, 0.1) is 18.1 Å². The molecule has 1 aliphatic heterocycles. The summed E-state index contributed by atoms with van der Waals surface area (Å²) in [6, 6.07) is 3.81. The number of hydrogen-bond acceptors (Lipinski definition) is 4. The average molecular weight is 240 g/mol. The second-order valence-corrected chi connectivity index (χ2v) is 4.55. The van der Waals surface area contributed by atoms with Crippen LogP contribution in [0.4, 0.5) is 15.8 Å². The predicted molar refractivity (Wildman–Crippen MR) is 60.5 cm³/mol. The van der Waals surface area contributed by atoms with Gasteiger partial charge in [0, 0.05) is 18.0 Å². The zero-order chi connectivity index (χ0) is 12.5. The number of para-hydroxylation sites is 1. The average Bonchev–Trinajstić information content (AvgIpc) is 2.24. The van der Waals surface area contributed by atoms with Gasteiger partial charge in [-0.2, -0.15) is 0 Å². The van der Waals surface area contributed by atoms with E-state index in [0.29, 0.717) is 19.8 Å². The summed E-state index contributed by atoms with van der Waals surface area (Å²) in [4.78, 5) is 10.2. The highest BCUT2D eigenvalue weighted by Gasteiger charge is 2.34. The van der Waals surface area contributed by atoms with E-state index >= 15 is 0 Å². The van der Waals surface area contributed by atoms with Gasteiger partial charge >= 0.3 is 0 Å². The Hall–Kier alpha value is -1.69. The maximum absolute atomic E-state index is 13.5. The van der Waals surface area contributed by atoms with Gasteiger partial charge < -0.3 is 10.1 Å². The zero-order valence-electron chi connectivity index (χ0n) is 9.40. The summed E-state index contributed by atoms with van der Waals surface area (Å²) < 4.78 is 18.6. The second kappa shape index (κ2) is 4.29. The van der Waals surface area contributed by atoms with Gasteiger partial charge in [0.1, 0.15) is 5.69 Å². The van der Waals surface area contributed by atoms with Crippen molar-refractivity contribution in [2.45, 2.75) is 6.92 Å². The molecular weight excluding hydrogens is 227 g/mol. The lowest BCUT2D eigenvalue weighted by Gasteiger charge is -2.38. The van der Waals surface area contributed by atoms with Crippen LogP contribution in [0.15, 0.2) is 18.2 Å². The number of ether oxygens (including phenoxy) is 1. The third kappa shape index (κ3) is 2.36. The minimum Gasteiger partial charge on any atom is -0.380 e. The Labute approximate surface area is 97.7 Å². The Bertz CT molecular complexity index is 446. The largest absolute Gasteiger partial charge is 0.380 e. The van der Waals surface area contributed by atoms with Crippen LogP contribution in [0.1, 0.15) is 6.92 Å². The highest BCUT2D eigenvalue weighted by molar-refractivity contribution is 5.62. The number of nitrogens with one attached hydrogen (secondary N) is 1. The molecule has 0 spiro atoms. The molecule has 92 valence electrons. The monoisotopic (exact) mass is 240 g/mol. The van der Waals surface area contributed by atoms with Gasteiger partial charge in [-0.15, -0.1) is 0 Å². The fourth-order valence-corrected chi connectivity index (χ4v) is 1.69. The summed E-state index contributed by atoms with van der Waals surface area (Å²) in [5.41, 5.74) is -0.365. The smallest absolute Gasteiger partial charge is 0.295 e. The second-order valence-electron chi connectivity index (χ2n) is 4.55. The molecule has 17 heavy (non-hydrogen) atoms. The highest BCUT2D eigenvalue weighted by Crippen LogP contribution is 2.31. The van der Waals surface area contributed by atoms with Crippen LogP contribution in [0, 0.1) is 21.3 Å². The van der Waals surface area contributed by atoms with Crippen molar-refractivity contribution in [3.8, 4) is 0 Å². The molecule has 0 unspecified atom stereocenters. The third-order valence-corrected chi connectivity index (χ3v) is 2.78. The fraction of sp³-hybridized carbons (Fsp3) is 0.455. The van der Waals surface area contributed by atoms with E-state index in [-0.39, 0.29) is 16.8 Å². The van der Waals surface area contributed by atoms with Crippen LogP contribution in [0.2, 0.25) is 0 Å². The summed E-state index contributed by atoms with van der Waals surface area (Å²) in [6.45, 7) is 3.61. The predicted octanol–water partition coefficient (Wildman–Crippen LogP) is 2.18. The van der Waals surface area contributed by atoms with E-state index in [1.807, 2.05) is 6.92 Å². The van der Waals surface area contributed by atoms with Gasteiger partial charge in [-0.25, -0.2) is 4.39 Å². The molecule has 5 nitrogen and oxygen atoms in total. The van der Waals surface area contributed by atoms with Crippen LogP contribution in [0.3, 0.4) is 0 Å². The molecule has 2 rings (SSSR count). The van der Waals surface area contributed by atoms with Crippen LogP contribution < -0.4 is 5.32 Å². The molecule has 0 amide bonds. The van der Waals surface area contributed by atoms with E-state index in [4.69, 9.17) is 4.74 Å². The van der Waals surface area contributed by atoms with E-state index in [1.54, 1.807) is 0 Å². The molecule has 0 aliphatic carbocycles. The van der Waals surface area contributed by atoms with Crippen molar-refractivity contribution in [2.24, 2.45) is 5.41 Å². The maximum Gasteiger partial charge on any atom is 0.295 e. The van der Waals surface area contributed by atoms with Crippen LogP contribution in [-0.4, -0.2) is 24.7 Å². The number of rotatable bonds is 4. The van der Waals surface area contributed by atoms with Crippen molar-refractivity contribution in [1.82, 2.24) is 0 Å². The Morgan fingerprint density at radius 2 is 2.29 bits per heavy atom. The van der Waals surface area contributed by atoms with Crippen molar-refractivity contribution in [3.05, 3.63) is 34.1 Å². The van der Waals surface area contributed by atoms with Gasteiger partial charge in [-0.1, -0.05) is 13.0 Å². The van der Waals surface area contributed by atoms with E-state index < -0.39 is 10.7 Å². The summed E-state index contributed by atoms with van der Waals surface area (Å²) in [5, 5.41) is 13.6. The zero-order valence-corrected chi connectivity index (χ0v) is 9.40. The van der Waals surface area contributed by atoms with Crippen molar-refractivity contribution in [1.29, 1.82) is 0 Å². The van der Waals surface area contributed by atoms with Crippen LogP contribution >= 0.6 is 0 Å². The lowest BCUT2D eigenvalue weighted by molar-refractivity contribution is -0.384. The summed E-state index contributed by atoms with van der Waals surface area (Å²) in [7, 11) is 0. The van der Waals surface area contributed by atoms with Crippen LogP contribution in [0.5, 0.6) is 0 Å². The molecule has 1 heterocycles. The molecule has 0 radical (unpaired) electrons. The first-order valence-corrected chi connectivity index (χ1v) is 5.26. The minimum absolute atomic E-state index is 0.0503. The van der Waals surface area contributed by atoms with Gasteiger partial charge in [-0.05, 0) is 6.07 Å². The lowest BCUT2D eigenvalue weighted by Crippen LogP contribution is -2.45. The molecule has 6 heteroatoms. The molecular formula is C11H13FN2O3. The van der Waals surface area contributed by atoms with Crippen molar-refractivity contribution in [2.75, 3.05) is 25.1 Å². The number of nitro benzene ring substituents is 1. The molecule has 0 saturated carbocycles. The van der Waals surface area contributed by atoms with Crippen molar-refractivity contribution in [3.63, 3.8) is 0 Å². The number of nitrogens with zero attached hydrogens (tertiary/aromatic N) is 1. The van der Waals surface area contributed by atoms with E-state index in [0.717, 1.165) is 0 Å². The Morgan fingerprint density at radius 1 is 1.59 bits per heavy atom. The topological polar surface area (TPSA) is 64.4 Å². The molecule has 1 aromatic rings. The molecule has 1 fully saturated rings. The van der Waals surface area contributed by atoms with E-state index in [9.17, 15) is 14.5 Å². The Kier molecular flexibility index (Phi) is 2.97. The summed E-state index contributed by atoms with van der Waals surface area (Å²) in [5.74, 6) is -0.608. The number of benzene rings is 1. The molecule has 1 N–H and O–H groups in total. The molecule has 1 aromatic carbocycles. The molecule has 0 aromatic heterocycles. The van der Waals surface area contributed by atoms with E-state index in [1.165, 1.54) is 18.2 Å². The van der Waals surface area contributed by atoms with Crippen molar-refractivity contribution < 1.29 is 14.1 Å². The summed E-state index contributed by atoms with van der Waals surface area (Å²) in [6.07, 6.45) is 0. The third-order valence-electron chi connectivity index (χ3n) is 2.78. The minimum atomic E-state index is -0.608. The molecule has 1 aliphatic rings. The Morgan fingerprint density at radius 3 is 2.82 bits per heavy atom. The van der Waals surface area contributed by atoms with Gasteiger partial charge in [0.25, 0.3) is 5.69 Å². The van der Waals surface area contributed by atoms with Gasteiger partial charge in [-0.3, -0.25) is 10.1 Å². The number of nitro groups is 1. The summed E-state index contributed by atoms with van der Waals surface area (Å²) >= 11 is 0. The first-order valence-electron chi connectivity index (χ1n) is 5.26.